The van der Waals surface area contributed by atoms with Crippen LogP contribution >= 0.6 is 0 Å². The molecule has 0 heterocycles. The molecule has 0 amide bonds. The summed E-state index contributed by atoms with van der Waals surface area (Å²) in [6.07, 6.45) is 2.18. The molecule has 3 rings (SSSR count). The molecule has 0 bridgehead atoms. The summed E-state index contributed by atoms with van der Waals surface area (Å²) < 4.78 is 0. The Bertz CT molecular complexity index is 723. The van der Waals surface area contributed by atoms with Crippen molar-refractivity contribution in [2.75, 3.05) is 11.5 Å². The highest BCUT2D eigenvalue weighted by atomic mass is 14.5. The highest BCUT2D eigenvalue weighted by Crippen LogP contribution is 2.27. The Balaban J connectivity index is 2.11. The van der Waals surface area contributed by atoms with Gasteiger partial charge in [0.15, 0.2) is 0 Å². The predicted octanol–water partition coefficient (Wildman–Crippen LogP) is 4.44. The van der Waals surface area contributed by atoms with E-state index in [1.54, 1.807) is 0 Å². The van der Waals surface area contributed by atoms with Gasteiger partial charge in [0.05, 0.1) is 0 Å². The van der Waals surface area contributed by atoms with Gasteiger partial charge in [0.2, 0.25) is 0 Å². The van der Waals surface area contributed by atoms with Gasteiger partial charge in [-0.2, -0.15) is 0 Å². The van der Waals surface area contributed by atoms with Gasteiger partial charge in [0.1, 0.15) is 0 Å². The summed E-state index contributed by atoms with van der Waals surface area (Å²) in [6, 6.07) is 26.1. The first-order chi connectivity index (χ1) is 10.7. The van der Waals surface area contributed by atoms with Crippen molar-refractivity contribution >= 4 is 23.0 Å². The number of hydrogen-bond donors (Lipinski definition) is 2. The minimum atomic E-state index is 0.764. The number of anilines is 2. The van der Waals surface area contributed by atoms with E-state index < -0.39 is 0 Å². The minimum absolute atomic E-state index is 0.764. The van der Waals surface area contributed by atoms with Gasteiger partial charge >= 0.3 is 0 Å². The molecule has 108 valence electrons. The molecule has 0 saturated heterocycles. The number of nitrogens with two attached hydrogens (primary N) is 2. The first-order valence-corrected chi connectivity index (χ1v) is 7.21. The summed E-state index contributed by atoms with van der Waals surface area (Å²) in [7, 11) is 0. The lowest BCUT2D eigenvalue weighted by molar-refractivity contribution is 1.55. The lowest BCUT2D eigenvalue weighted by Gasteiger charge is -2.10. The number of benzene rings is 3. The maximum atomic E-state index is 5.80. The molecule has 0 aliphatic heterocycles. The molecule has 22 heavy (non-hydrogen) atoms. The van der Waals surface area contributed by atoms with Crippen LogP contribution in [0.25, 0.3) is 11.6 Å². The number of rotatable bonds is 3. The van der Waals surface area contributed by atoms with Crippen molar-refractivity contribution in [2.45, 2.75) is 0 Å². The van der Waals surface area contributed by atoms with Gasteiger partial charge in [-0.25, -0.2) is 0 Å². The molecule has 3 aromatic carbocycles. The second-order valence-electron chi connectivity index (χ2n) is 5.21. The normalized spacial score (nSPS) is 10.2. The summed E-state index contributed by atoms with van der Waals surface area (Å²) in [5.74, 6) is 0. The second-order valence-corrected chi connectivity index (χ2v) is 5.21. The van der Waals surface area contributed by atoms with Crippen LogP contribution in [-0.4, -0.2) is 0 Å². The average molecular weight is 286 g/mol. The summed E-state index contributed by atoms with van der Waals surface area (Å²) in [5.41, 5.74) is 17.7. The third-order valence-electron chi connectivity index (χ3n) is 3.55. The van der Waals surface area contributed by atoms with Crippen molar-refractivity contribution in [2.24, 2.45) is 0 Å². The van der Waals surface area contributed by atoms with Crippen LogP contribution in [0.3, 0.4) is 0 Å². The fourth-order valence-electron chi connectivity index (χ4n) is 2.37. The average Bonchev–Trinajstić information content (AvgIpc) is 2.56. The molecule has 0 saturated carbocycles. The van der Waals surface area contributed by atoms with Gasteiger partial charge in [0.25, 0.3) is 0 Å². The van der Waals surface area contributed by atoms with E-state index in [1.165, 1.54) is 0 Å². The second kappa shape index (κ2) is 6.19. The fraction of sp³-hybridized carbons (Fsp3) is 0. The molecule has 2 heteroatoms. The van der Waals surface area contributed by atoms with Gasteiger partial charge in [-0.15, -0.1) is 0 Å². The molecule has 0 aliphatic carbocycles. The molecule has 0 atom stereocenters. The molecule has 0 aromatic heterocycles. The topological polar surface area (TPSA) is 52.0 Å². The van der Waals surface area contributed by atoms with E-state index >= 15 is 0 Å². The molecule has 3 aromatic rings. The minimum Gasteiger partial charge on any atom is -0.399 e. The highest BCUT2D eigenvalue weighted by Gasteiger charge is 2.05. The van der Waals surface area contributed by atoms with Crippen LogP contribution in [0.2, 0.25) is 0 Å². The summed E-state index contributed by atoms with van der Waals surface area (Å²) in [4.78, 5) is 0. The van der Waals surface area contributed by atoms with E-state index in [0.29, 0.717) is 0 Å². The quantitative estimate of drug-likeness (QED) is 0.552. The van der Waals surface area contributed by atoms with Crippen LogP contribution in [0.5, 0.6) is 0 Å². The van der Waals surface area contributed by atoms with Crippen LogP contribution < -0.4 is 11.5 Å². The van der Waals surface area contributed by atoms with Crippen molar-refractivity contribution in [3.05, 3.63) is 95.6 Å². The maximum absolute atomic E-state index is 5.80. The third-order valence-corrected chi connectivity index (χ3v) is 3.55. The summed E-state index contributed by atoms with van der Waals surface area (Å²) in [5, 5.41) is 0. The van der Waals surface area contributed by atoms with Crippen molar-refractivity contribution in [3.8, 4) is 0 Å². The largest absolute Gasteiger partial charge is 0.399 e. The van der Waals surface area contributed by atoms with Crippen molar-refractivity contribution < 1.29 is 0 Å². The zero-order valence-electron chi connectivity index (χ0n) is 12.2. The smallest absolute Gasteiger partial charge is 0.0314 e. The molecule has 0 radical (unpaired) electrons. The Hall–Kier alpha value is -3.00. The van der Waals surface area contributed by atoms with Crippen molar-refractivity contribution in [3.63, 3.8) is 0 Å². The van der Waals surface area contributed by atoms with Gasteiger partial charge in [-0.05, 0) is 52.6 Å². The molecular weight excluding hydrogens is 268 g/mol. The lowest BCUT2D eigenvalue weighted by Crippen LogP contribution is -1.91. The Morgan fingerprint density at radius 2 is 1.05 bits per heavy atom. The van der Waals surface area contributed by atoms with Crippen molar-refractivity contribution in [1.29, 1.82) is 0 Å². The third kappa shape index (κ3) is 3.18. The van der Waals surface area contributed by atoms with E-state index in [4.69, 9.17) is 11.5 Å². The highest BCUT2D eigenvalue weighted by molar-refractivity contribution is 5.91. The Kier molecular flexibility index (Phi) is 3.92. The molecule has 0 spiro atoms. The zero-order chi connectivity index (χ0) is 15.4. The van der Waals surface area contributed by atoms with Crippen molar-refractivity contribution in [1.82, 2.24) is 0 Å². The Morgan fingerprint density at radius 1 is 0.591 bits per heavy atom. The van der Waals surface area contributed by atoms with Gasteiger partial charge in [-0.1, -0.05) is 54.6 Å². The first-order valence-electron chi connectivity index (χ1n) is 7.21. The fourth-order valence-corrected chi connectivity index (χ4v) is 2.37. The van der Waals surface area contributed by atoms with E-state index in [9.17, 15) is 0 Å². The molecule has 0 unspecified atom stereocenters. The number of hydrogen-bond acceptors (Lipinski definition) is 2. The summed E-state index contributed by atoms with van der Waals surface area (Å²) >= 11 is 0. The lowest BCUT2D eigenvalue weighted by atomic mass is 9.95. The molecule has 0 aliphatic rings. The van der Waals surface area contributed by atoms with E-state index in [0.717, 1.165) is 33.6 Å². The van der Waals surface area contributed by atoms with E-state index in [-0.39, 0.29) is 0 Å². The standard InChI is InChI=1S/C20H18N2/c21-18-10-6-16(7-11-18)20(14-15-4-2-1-3-5-15)17-8-12-19(22)13-9-17/h1-14H,21-22H2. The molecule has 0 fully saturated rings. The van der Waals surface area contributed by atoms with Gasteiger partial charge < -0.3 is 11.5 Å². The Morgan fingerprint density at radius 3 is 1.50 bits per heavy atom. The van der Waals surface area contributed by atoms with E-state index in [2.05, 4.69) is 18.2 Å². The monoisotopic (exact) mass is 286 g/mol. The molecular formula is C20H18N2. The number of nitrogen functional groups attached to an aromatic ring is 2. The molecule has 2 nitrogen and oxygen atoms in total. The van der Waals surface area contributed by atoms with Crippen LogP contribution in [0.4, 0.5) is 11.4 Å². The maximum Gasteiger partial charge on any atom is 0.0314 e. The van der Waals surface area contributed by atoms with Crippen LogP contribution in [0.1, 0.15) is 16.7 Å². The zero-order valence-corrected chi connectivity index (χ0v) is 12.2. The van der Waals surface area contributed by atoms with Crippen LogP contribution in [0.15, 0.2) is 78.9 Å². The predicted molar refractivity (Wildman–Crippen MR) is 95.1 cm³/mol. The SMILES string of the molecule is Nc1ccc(C(=Cc2ccccc2)c2ccc(N)cc2)cc1. The van der Waals surface area contributed by atoms with Crippen LogP contribution in [0, 0.1) is 0 Å². The van der Waals surface area contributed by atoms with Gasteiger partial charge in [0, 0.05) is 11.4 Å². The van der Waals surface area contributed by atoms with Gasteiger partial charge in [-0.3, -0.25) is 0 Å². The van der Waals surface area contributed by atoms with Crippen LogP contribution in [-0.2, 0) is 0 Å². The van der Waals surface area contributed by atoms with E-state index in [1.807, 2.05) is 66.7 Å². The Labute approximate surface area is 130 Å². The summed E-state index contributed by atoms with van der Waals surface area (Å²) in [6.45, 7) is 0. The molecule has 4 N–H and O–H groups in total. The first kappa shape index (κ1) is 14.0.